The summed E-state index contributed by atoms with van der Waals surface area (Å²) in [5.74, 6) is 2.89. The molecule has 6 nitrogen and oxygen atoms in total. The van der Waals surface area contributed by atoms with E-state index in [1.807, 2.05) is 60.7 Å². The first kappa shape index (κ1) is 14.9. The molecule has 0 amide bonds. The number of benzene rings is 3. The van der Waals surface area contributed by atoms with Crippen LogP contribution in [0.25, 0.3) is 11.0 Å². The molecule has 9 heteroatoms. The Morgan fingerprint density at radius 2 is 0.926 bits per heavy atom. The number of para-hydroxylation sites is 4. The summed E-state index contributed by atoms with van der Waals surface area (Å²) in [5, 5.41) is 0. The van der Waals surface area contributed by atoms with Crippen LogP contribution < -0.4 is 29.5 Å². The maximum absolute atomic E-state index is 5.94. The van der Waals surface area contributed by atoms with Crippen LogP contribution in [0, 0.1) is 0 Å². The highest BCUT2D eigenvalue weighted by molar-refractivity contribution is 7.00. The Balaban J connectivity index is 1.38. The first-order valence-electron chi connectivity index (χ1n) is 8.46. The van der Waals surface area contributed by atoms with Crippen LogP contribution >= 0.6 is 11.7 Å². The molecule has 0 saturated heterocycles. The van der Waals surface area contributed by atoms with Crippen LogP contribution in [0.5, 0.6) is 23.0 Å². The predicted octanol–water partition coefficient (Wildman–Crippen LogP) is 2.02. The van der Waals surface area contributed by atoms with E-state index in [1.165, 1.54) is 0 Å². The van der Waals surface area contributed by atoms with Gasteiger partial charge in [-0.1, -0.05) is 36.4 Å². The molecular weight excluding hydrogens is 362 g/mol. The third-order valence-electron chi connectivity index (χ3n) is 4.62. The van der Waals surface area contributed by atoms with Crippen LogP contribution in [0.15, 0.2) is 60.7 Å². The fourth-order valence-corrected chi connectivity index (χ4v) is 3.93. The molecule has 128 valence electrons. The molecule has 6 rings (SSSR count). The lowest BCUT2D eigenvalue weighted by atomic mass is 9.72. The van der Waals surface area contributed by atoms with Gasteiger partial charge in [0.25, 0.3) is 0 Å². The number of hydrogen-bond donors (Lipinski definition) is 0. The number of nitrogens with zero attached hydrogens (tertiary/aromatic N) is 2. The van der Waals surface area contributed by atoms with Gasteiger partial charge in [-0.25, -0.2) is 0 Å². The third-order valence-corrected chi connectivity index (χ3v) is 5.15. The Kier molecular flexibility index (Phi) is 3.12. The van der Waals surface area contributed by atoms with Gasteiger partial charge < -0.3 is 18.6 Å². The molecule has 0 atom stereocenters. The summed E-state index contributed by atoms with van der Waals surface area (Å²) in [7, 11) is -1.10. The van der Waals surface area contributed by atoms with Gasteiger partial charge in [-0.2, -0.15) is 8.75 Å². The lowest BCUT2D eigenvalue weighted by molar-refractivity contribution is 0.517. The Morgan fingerprint density at radius 3 is 1.30 bits per heavy atom. The van der Waals surface area contributed by atoms with Crippen LogP contribution in [-0.4, -0.2) is 23.0 Å². The summed E-state index contributed by atoms with van der Waals surface area (Å²) in [6, 6.07) is 19.1. The van der Waals surface area contributed by atoms with E-state index in [2.05, 4.69) is 8.75 Å². The van der Waals surface area contributed by atoms with E-state index in [-0.39, 0.29) is 0 Å². The summed E-state index contributed by atoms with van der Waals surface area (Å²) in [6.07, 6.45) is 0. The van der Waals surface area contributed by atoms with Crippen LogP contribution in [0.3, 0.4) is 0 Å². The minimum atomic E-state index is -0.550. The second kappa shape index (κ2) is 5.65. The van der Waals surface area contributed by atoms with Gasteiger partial charge in [0.05, 0.1) is 11.7 Å². The van der Waals surface area contributed by atoms with Crippen LogP contribution in [0.1, 0.15) is 0 Å². The van der Waals surface area contributed by atoms with E-state index in [4.69, 9.17) is 18.6 Å². The minimum Gasteiger partial charge on any atom is -0.519 e. The largest absolute Gasteiger partial charge is 0.635 e. The number of fused-ring (bicyclic) bond motifs is 3. The molecule has 27 heavy (non-hydrogen) atoms. The minimum absolute atomic E-state index is 0.550. The molecule has 0 fully saturated rings. The molecule has 0 radical (unpaired) electrons. The smallest absolute Gasteiger partial charge is 0.519 e. The molecule has 0 spiro atoms. The zero-order chi connectivity index (χ0) is 17.8. The Morgan fingerprint density at radius 1 is 0.556 bits per heavy atom. The molecule has 0 N–H and O–H groups in total. The molecule has 0 saturated carbocycles. The molecule has 2 aliphatic heterocycles. The van der Waals surface area contributed by atoms with Gasteiger partial charge in [-0.3, -0.25) is 0 Å². The first-order valence-corrected chi connectivity index (χ1v) is 9.19. The molecular formula is C18H10B2N2O4S. The third kappa shape index (κ3) is 2.28. The number of hydrogen-bond acceptors (Lipinski definition) is 7. The summed E-state index contributed by atoms with van der Waals surface area (Å²) in [5.41, 5.74) is 3.13. The summed E-state index contributed by atoms with van der Waals surface area (Å²) < 4.78 is 32.7. The summed E-state index contributed by atoms with van der Waals surface area (Å²) in [4.78, 5) is 0. The topological polar surface area (TPSA) is 62.7 Å². The lowest BCUT2D eigenvalue weighted by Gasteiger charge is -2.09. The second-order valence-corrected chi connectivity index (χ2v) is 6.76. The van der Waals surface area contributed by atoms with Gasteiger partial charge in [-0.15, -0.1) is 0 Å². The average Bonchev–Trinajstić information content (AvgIpc) is 3.43. The average molecular weight is 372 g/mol. The Hall–Kier alpha value is -3.19. The lowest BCUT2D eigenvalue weighted by Crippen LogP contribution is -2.44. The molecule has 0 aliphatic carbocycles. The zero-order valence-corrected chi connectivity index (χ0v) is 14.7. The van der Waals surface area contributed by atoms with Crippen LogP contribution in [0.2, 0.25) is 0 Å². The van der Waals surface area contributed by atoms with Gasteiger partial charge in [0.2, 0.25) is 0 Å². The molecule has 2 aliphatic rings. The van der Waals surface area contributed by atoms with Crippen molar-refractivity contribution in [1.82, 2.24) is 8.75 Å². The number of rotatable bonds is 2. The van der Waals surface area contributed by atoms with Gasteiger partial charge >= 0.3 is 14.2 Å². The van der Waals surface area contributed by atoms with Crippen molar-refractivity contribution >= 4 is 47.9 Å². The van der Waals surface area contributed by atoms with E-state index >= 15 is 0 Å². The van der Waals surface area contributed by atoms with E-state index in [1.54, 1.807) is 0 Å². The van der Waals surface area contributed by atoms with Crippen molar-refractivity contribution < 1.29 is 18.6 Å². The van der Waals surface area contributed by atoms with Crippen LogP contribution in [0.4, 0.5) is 0 Å². The van der Waals surface area contributed by atoms with Crippen molar-refractivity contribution in [3.05, 3.63) is 60.7 Å². The molecule has 1 aromatic heterocycles. The zero-order valence-electron chi connectivity index (χ0n) is 13.9. The van der Waals surface area contributed by atoms with E-state index in [0.717, 1.165) is 56.7 Å². The van der Waals surface area contributed by atoms with E-state index < -0.39 is 14.2 Å². The van der Waals surface area contributed by atoms with Crippen LogP contribution in [-0.2, 0) is 0 Å². The van der Waals surface area contributed by atoms with Crippen molar-refractivity contribution in [3.8, 4) is 23.0 Å². The Labute approximate surface area is 159 Å². The van der Waals surface area contributed by atoms with Gasteiger partial charge in [0, 0.05) is 10.9 Å². The quantitative estimate of drug-likeness (QED) is 0.502. The Bertz CT molecular complexity index is 1050. The fourth-order valence-electron chi connectivity index (χ4n) is 3.34. The highest BCUT2D eigenvalue weighted by atomic mass is 32.1. The second-order valence-electron chi connectivity index (χ2n) is 6.23. The van der Waals surface area contributed by atoms with Gasteiger partial charge in [0.1, 0.15) is 34.0 Å². The van der Waals surface area contributed by atoms with Gasteiger partial charge in [-0.05, 0) is 24.3 Å². The normalized spacial score (nSPS) is 14.2. The number of aromatic nitrogens is 2. The van der Waals surface area contributed by atoms with Crippen molar-refractivity contribution in [2.75, 3.05) is 0 Å². The van der Waals surface area contributed by atoms with E-state index in [0.29, 0.717) is 0 Å². The highest BCUT2D eigenvalue weighted by Gasteiger charge is 2.40. The first-order chi connectivity index (χ1) is 13.4. The van der Waals surface area contributed by atoms with Crippen molar-refractivity contribution in [3.63, 3.8) is 0 Å². The van der Waals surface area contributed by atoms with Gasteiger partial charge in [0.15, 0.2) is 0 Å². The molecule has 4 aromatic rings. The monoisotopic (exact) mass is 372 g/mol. The SMILES string of the molecule is c1ccc2c(c1)OB(c1ccc(B3Oc4ccccc4O3)c3nsnc13)O2. The molecule has 0 bridgehead atoms. The molecule has 3 heterocycles. The summed E-state index contributed by atoms with van der Waals surface area (Å²) >= 11 is 1.14. The van der Waals surface area contributed by atoms with Crippen molar-refractivity contribution in [1.29, 1.82) is 0 Å². The fraction of sp³-hybridized carbons (Fsp3) is 0. The van der Waals surface area contributed by atoms with Crippen molar-refractivity contribution in [2.24, 2.45) is 0 Å². The maximum Gasteiger partial charge on any atom is 0.635 e. The predicted molar refractivity (Wildman–Crippen MR) is 104 cm³/mol. The van der Waals surface area contributed by atoms with Crippen molar-refractivity contribution in [2.45, 2.75) is 0 Å². The maximum atomic E-state index is 5.94. The molecule has 3 aromatic carbocycles. The summed E-state index contributed by atoms with van der Waals surface area (Å²) in [6.45, 7) is 0. The highest BCUT2D eigenvalue weighted by Crippen LogP contribution is 2.34. The molecule has 0 unspecified atom stereocenters. The van der Waals surface area contributed by atoms with E-state index in [9.17, 15) is 0 Å². The standard InChI is InChI=1S/C18H10B2N2O4S/c1-2-6-14-13(5-1)23-19(24-14)11-9-10-12(18-17(11)21-27-22-18)20-25-15-7-3-4-8-16(15)26-20/h1-10H.